The summed E-state index contributed by atoms with van der Waals surface area (Å²) in [5, 5.41) is 4.32. The van der Waals surface area contributed by atoms with E-state index in [4.69, 9.17) is 11.6 Å². The molecule has 0 aliphatic rings. The Labute approximate surface area is 135 Å². The normalized spacial score (nSPS) is 12.3. The first-order valence-electron chi connectivity index (χ1n) is 7.24. The zero-order chi connectivity index (χ0) is 15.4. The molecule has 0 saturated heterocycles. The maximum Gasteiger partial charge on any atom is 0.0755 e. The summed E-state index contributed by atoms with van der Waals surface area (Å²) in [5.74, 6) is 0. The van der Waals surface area contributed by atoms with E-state index < -0.39 is 0 Å². The van der Waals surface area contributed by atoms with Gasteiger partial charge in [0.25, 0.3) is 0 Å². The molecule has 0 radical (unpaired) electrons. The summed E-state index contributed by atoms with van der Waals surface area (Å²) in [7, 11) is 2.05. The van der Waals surface area contributed by atoms with Crippen molar-refractivity contribution in [3.8, 4) is 0 Å². The lowest BCUT2D eigenvalue weighted by atomic mass is 10.0. The summed E-state index contributed by atoms with van der Waals surface area (Å²) in [6.45, 7) is 0.761. The third kappa shape index (κ3) is 3.38. The lowest BCUT2D eigenvalue weighted by Crippen LogP contribution is -2.23. The number of aryl methyl sites for hydroxylation is 1. The SMILES string of the molecule is Cn1cccc1CN[C@@H](c1cccc(Cl)c1)c1ccccn1. The second-order valence-corrected chi connectivity index (χ2v) is 5.67. The third-order valence-electron chi connectivity index (χ3n) is 3.70. The van der Waals surface area contributed by atoms with Crippen LogP contribution >= 0.6 is 11.6 Å². The minimum Gasteiger partial charge on any atom is -0.353 e. The van der Waals surface area contributed by atoms with E-state index in [1.54, 1.807) is 0 Å². The van der Waals surface area contributed by atoms with Crippen molar-refractivity contribution in [2.75, 3.05) is 0 Å². The van der Waals surface area contributed by atoms with Gasteiger partial charge in [0.2, 0.25) is 0 Å². The fourth-order valence-corrected chi connectivity index (χ4v) is 2.71. The molecule has 112 valence electrons. The Morgan fingerprint density at radius 2 is 2.05 bits per heavy atom. The predicted molar refractivity (Wildman–Crippen MR) is 89.8 cm³/mol. The van der Waals surface area contributed by atoms with Crippen LogP contribution in [0.4, 0.5) is 0 Å². The number of pyridine rings is 1. The summed E-state index contributed by atoms with van der Waals surface area (Å²) >= 11 is 6.15. The number of hydrogen-bond acceptors (Lipinski definition) is 2. The highest BCUT2D eigenvalue weighted by Crippen LogP contribution is 2.23. The van der Waals surface area contributed by atoms with Gasteiger partial charge in [-0.3, -0.25) is 10.3 Å². The maximum absolute atomic E-state index is 6.15. The smallest absolute Gasteiger partial charge is 0.0755 e. The molecule has 2 heterocycles. The number of aromatic nitrogens is 2. The minimum atomic E-state index is 0.00907. The number of nitrogens with zero attached hydrogens (tertiary/aromatic N) is 2. The van der Waals surface area contributed by atoms with Crippen LogP contribution in [0.5, 0.6) is 0 Å². The van der Waals surface area contributed by atoms with Crippen LogP contribution in [0.3, 0.4) is 0 Å². The fourth-order valence-electron chi connectivity index (χ4n) is 2.51. The first kappa shape index (κ1) is 14.8. The van der Waals surface area contributed by atoms with E-state index >= 15 is 0 Å². The molecule has 3 nitrogen and oxygen atoms in total. The molecule has 4 heteroatoms. The summed E-state index contributed by atoms with van der Waals surface area (Å²) in [6, 6.07) is 18.0. The molecule has 3 aromatic rings. The second-order valence-electron chi connectivity index (χ2n) is 5.23. The van der Waals surface area contributed by atoms with Crippen molar-refractivity contribution in [3.05, 3.63) is 89.0 Å². The lowest BCUT2D eigenvalue weighted by Gasteiger charge is -2.19. The van der Waals surface area contributed by atoms with Gasteiger partial charge in [0.05, 0.1) is 11.7 Å². The third-order valence-corrected chi connectivity index (χ3v) is 3.94. The van der Waals surface area contributed by atoms with Gasteiger partial charge >= 0.3 is 0 Å². The highest BCUT2D eigenvalue weighted by atomic mass is 35.5. The van der Waals surface area contributed by atoms with Crippen LogP contribution in [0.1, 0.15) is 23.0 Å². The monoisotopic (exact) mass is 311 g/mol. The van der Waals surface area contributed by atoms with Crippen LogP contribution in [-0.2, 0) is 13.6 Å². The molecule has 0 spiro atoms. The van der Waals surface area contributed by atoms with Gasteiger partial charge in [-0.2, -0.15) is 0 Å². The topological polar surface area (TPSA) is 29.9 Å². The largest absolute Gasteiger partial charge is 0.353 e. The van der Waals surface area contributed by atoms with Crippen molar-refractivity contribution in [1.29, 1.82) is 0 Å². The average Bonchev–Trinajstić information content (AvgIpc) is 2.94. The van der Waals surface area contributed by atoms with Gasteiger partial charge in [-0.05, 0) is 42.0 Å². The van der Waals surface area contributed by atoms with Crippen molar-refractivity contribution in [2.24, 2.45) is 7.05 Å². The van der Waals surface area contributed by atoms with E-state index in [1.807, 2.05) is 61.9 Å². The van der Waals surface area contributed by atoms with Crippen molar-refractivity contribution in [1.82, 2.24) is 14.9 Å². The Balaban J connectivity index is 1.88. The Kier molecular flexibility index (Phi) is 4.56. The standard InChI is InChI=1S/C18H18ClN3/c1-22-11-5-8-16(22)13-21-18(17-9-2-3-10-20-17)14-6-4-7-15(19)12-14/h2-12,18,21H,13H2,1H3/t18-/m0/s1. The van der Waals surface area contributed by atoms with E-state index in [9.17, 15) is 0 Å². The number of halogens is 1. The predicted octanol–water partition coefficient (Wildman–Crippen LogP) is 3.95. The number of hydrogen-bond donors (Lipinski definition) is 1. The van der Waals surface area contributed by atoms with E-state index in [1.165, 1.54) is 5.69 Å². The first-order valence-corrected chi connectivity index (χ1v) is 7.62. The van der Waals surface area contributed by atoms with Gasteiger partial charge in [-0.25, -0.2) is 0 Å². The summed E-state index contributed by atoms with van der Waals surface area (Å²) in [5.41, 5.74) is 3.32. The molecule has 2 aromatic heterocycles. The molecule has 0 amide bonds. The Hall–Kier alpha value is -2.10. The quantitative estimate of drug-likeness (QED) is 0.773. The summed E-state index contributed by atoms with van der Waals surface area (Å²) in [6.07, 6.45) is 3.86. The molecular weight excluding hydrogens is 294 g/mol. The molecule has 0 aliphatic heterocycles. The van der Waals surface area contributed by atoms with Crippen LogP contribution < -0.4 is 5.32 Å². The van der Waals surface area contributed by atoms with Gasteiger partial charge in [0.15, 0.2) is 0 Å². The van der Waals surface area contributed by atoms with Crippen LogP contribution in [0.25, 0.3) is 0 Å². The molecule has 0 saturated carbocycles. The van der Waals surface area contributed by atoms with Gasteiger partial charge in [-0.1, -0.05) is 29.8 Å². The zero-order valence-corrected chi connectivity index (χ0v) is 13.2. The molecule has 0 bridgehead atoms. The molecule has 22 heavy (non-hydrogen) atoms. The van der Waals surface area contributed by atoms with Crippen LogP contribution in [0, 0.1) is 0 Å². The molecule has 1 atom stereocenters. The van der Waals surface area contributed by atoms with Gasteiger partial charge in [-0.15, -0.1) is 0 Å². The molecule has 3 rings (SSSR count). The molecule has 0 unspecified atom stereocenters. The Morgan fingerprint density at radius 1 is 1.14 bits per heavy atom. The van der Waals surface area contributed by atoms with Crippen LogP contribution in [0.2, 0.25) is 5.02 Å². The molecule has 0 fully saturated rings. The van der Waals surface area contributed by atoms with Gasteiger partial charge in [0, 0.05) is 36.7 Å². The Morgan fingerprint density at radius 3 is 2.73 bits per heavy atom. The van der Waals surface area contributed by atoms with E-state index in [2.05, 4.69) is 27.0 Å². The van der Waals surface area contributed by atoms with Crippen molar-refractivity contribution in [2.45, 2.75) is 12.6 Å². The zero-order valence-electron chi connectivity index (χ0n) is 12.4. The first-order chi connectivity index (χ1) is 10.7. The fraction of sp³-hybridized carbons (Fsp3) is 0.167. The lowest BCUT2D eigenvalue weighted by molar-refractivity contribution is 0.573. The molecular formula is C18H18ClN3. The second kappa shape index (κ2) is 6.77. The van der Waals surface area contributed by atoms with E-state index in [0.717, 1.165) is 22.8 Å². The highest BCUT2D eigenvalue weighted by Gasteiger charge is 2.15. The van der Waals surface area contributed by atoms with Crippen molar-refractivity contribution < 1.29 is 0 Å². The highest BCUT2D eigenvalue weighted by molar-refractivity contribution is 6.30. The number of benzene rings is 1. The van der Waals surface area contributed by atoms with Gasteiger partial charge < -0.3 is 4.57 Å². The minimum absolute atomic E-state index is 0.00907. The number of rotatable bonds is 5. The Bertz CT molecular complexity index is 737. The van der Waals surface area contributed by atoms with E-state index in [-0.39, 0.29) is 6.04 Å². The summed E-state index contributed by atoms with van der Waals surface area (Å²) < 4.78 is 2.11. The summed E-state index contributed by atoms with van der Waals surface area (Å²) in [4.78, 5) is 4.50. The molecule has 1 N–H and O–H groups in total. The van der Waals surface area contributed by atoms with Crippen molar-refractivity contribution in [3.63, 3.8) is 0 Å². The number of nitrogens with one attached hydrogen (secondary N) is 1. The van der Waals surface area contributed by atoms with Crippen molar-refractivity contribution >= 4 is 11.6 Å². The maximum atomic E-state index is 6.15. The van der Waals surface area contributed by atoms with Gasteiger partial charge in [0.1, 0.15) is 0 Å². The van der Waals surface area contributed by atoms with E-state index in [0.29, 0.717) is 0 Å². The van der Waals surface area contributed by atoms with Crippen LogP contribution in [0.15, 0.2) is 67.0 Å². The van der Waals surface area contributed by atoms with Crippen LogP contribution in [-0.4, -0.2) is 9.55 Å². The average molecular weight is 312 g/mol. The molecule has 1 aromatic carbocycles. The molecule has 0 aliphatic carbocycles.